The third-order valence-corrected chi connectivity index (χ3v) is 4.20. The molecule has 3 rings (SSSR count). The van der Waals surface area contributed by atoms with Crippen LogP contribution in [0.3, 0.4) is 0 Å². The highest BCUT2D eigenvalue weighted by Crippen LogP contribution is 2.24. The Morgan fingerprint density at radius 3 is 3.28 bits per heavy atom. The van der Waals surface area contributed by atoms with Gasteiger partial charge in [0.1, 0.15) is 12.7 Å². The second kappa shape index (κ2) is 4.89. The molecule has 0 fully saturated rings. The Hall–Kier alpha value is -1.69. The van der Waals surface area contributed by atoms with E-state index in [0.29, 0.717) is 13.0 Å². The normalized spacial score (nSPS) is 14.6. The van der Waals surface area contributed by atoms with Gasteiger partial charge in [-0.3, -0.25) is 9.48 Å². The summed E-state index contributed by atoms with van der Waals surface area (Å²) in [5, 5.41) is 6.10. The molecule has 94 valence electrons. The lowest BCUT2D eigenvalue weighted by atomic mass is 10.1. The number of thiophene rings is 1. The number of amides is 1. The Morgan fingerprint density at radius 1 is 1.50 bits per heavy atom. The van der Waals surface area contributed by atoms with Crippen molar-refractivity contribution in [1.82, 2.24) is 19.7 Å². The maximum absolute atomic E-state index is 12.1. The maximum atomic E-state index is 12.1. The van der Waals surface area contributed by atoms with E-state index in [2.05, 4.69) is 21.5 Å². The lowest BCUT2D eigenvalue weighted by molar-refractivity contribution is -0.132. The van der Waals surface area contributed by atoms with Gasteiger partial charge in [0.2, 0.25) is 5.91 Å². The largest absolute Gasteiger partial charge is 0.338 e. The van der Waals surface area contributed by atoms with Crippen molar-refractivity contribution in [2.45, 2.75) is 25.9 Å². The molecule has 0 atom stereocenters. The number of carbonyl (C=O) groups excluding carboxylic acids is 1. The lowest BCUT2D eigenvalue weighted by Crippen LogP contribution is -2.35. The Kier molecular flexibility index (Phi) is 3.10. The standard InChI is InChI=1S/C12H14N4OS/c17-12(2-5-16-9-13-8-14-16)15-4-1-11-10(7-15)3-6-18-11/h3,6,8-9H,1-2,4-5,7H2. The van der Waals surface area contributed by atoms with Crippen molar-refractivity contribution in [3.05, 3.63) is 34.5 Å². The van der Waals surface area contributed by atoms with Gasteiger partial charge in [-0.1, -0.05) is 0 Å². The van der Waals surface area contributed by atoms with Gasteiger partial charge in [-0.05, 0) is 23.4 Å². The van der Waals surface area contributed by atoms with Gasteiger partial charge in [0.15, 0.2) is 0 Å². The van der Waals surface area contributed by atoms with E-state index in [1.165, 1.54) is 16.8 Å². The average molecular weight is 262 g/mol. The fraction of sp³-hybridized carbons (Fsp3) is 0.417. The van der Waals surface area contributed by atoms with Crippen molar-refractivity contribution in [1.29, 1.82) is 0 Å². The minimum Gasteiger partial charge on any atom is -0.338 e. The van der Waals surface area contributed by atoms with Crippen molar-refractivity contribution in [3.63, 3.8) is 0 Å². The van der Waals surface area contributed by atoms with Crippen LogP contribution < -0.4 is 0 Å². The van der Waals surface area contributed by atoms with E-state index in [1.54, 1.807) is 22.3 Å². The van der Waals surface area contributed by atoms with Crippen LogP contribution in [-0.2, 0) is 24.3 Å². The number of hydrogen-bond acceptors (Lipinski definition) is 4. The van der Waals surface area contributed by atoms with Gasteiger partial charge < -0.3 is 4.90 Å². The molecule has 0 bridgehead atoms. The zero-order valence-corrected chi connectivity index (χ0v) is 10.8. The molecule has 0 saturated heterocycles. The maximum Gasteiger partial charge on any atom is 0.224 e. The minimum atomic E-state index is 0.197. The van der Waals surface area contributed by atoms with E-state index in [-0.39, 0.29) is 5.91 Å². The number of rotatable bonds is 3. The summed E-state index contributed by atoms with van der Waals surface area (Å²) in [5.41, 5.74) is 1.31. The highest BCUT2D eigenvalue weighted by molar-refractivity contribution is 7.10. The smallest absolute Gasteiger partial charge is 0.224 e. The summed E-state index contributed by atoms with van der Waals surface area (Å²) in [6.07, 6.45) is 4.61. The molecule has 5 nitrogen and oxygen atoms in total. The van der Waals surface area contributed by atoms with Crippen LogP contribution in [0.2, 0.25) is 0 Å². The summed E-state index contributed by atoms with van der Waals surface area (Å²) in [5.74, 6) is 0.197. The van der Waals surface area contributed by atoms with Gasteiger partial charge >= 0.3 is 0 Å². The molecule has 1 amide bonds. The molecule has 1 aliphatic heterocycles. The molecule has 0 saturated carbocycles. The van der Waals surface area contributed by atoms with E-state index >= 15 is 0 Å². The first-order valence-corrected chi connectivity index (χ1v) is 6.86. The van der Waals surface area contributed by atoms with E-state index < -0.39 is 0 Å². The zero-order valence-electron chi connectivity index (χ0n) is 9.95. The van der Waals surface area contributed by atoms with Crippen molar-refractivity contribution in [3.8, 4) is 0 Å². The molecule has 0 N–H and O–H groups in total. The molecule has 0 unspecified atom stereocenters. The first-order valence-electron chi connectivity index (χ1n) is 5.98. The topological polar surface area (TPSA) is 51.0 Å². The number of hydrogen-bond donors (Lipinski definition) is 0. The van der Waals surface area contributed by atoms with Crippen molar-refractivity contribution >= 4 is 17.2 Å². The predicted octanol–water partition coefficient (Wildman–Crippen LogP) is 1.31. The third kappa shape index (κ3) is 2.28. The van der Waals surface area contributed by atoms with Gasteiger partial charge in [0.05, 0.1) is 6.54 Å². The average Bonchev–Trinajstić information content (AvgIpc) is 3.05. The van der Waals surface area contributed by atoms with Crippen LogP contribution in [0.4, 0.5) is 0 Å². The fourth-order valence-electron chi connectivity index (χ4n) is 2.18. The summed E-state index contributed by atoms with van der Waals surface area (Å²) in [4.78, 5) is 19.3. The zero-order chi connectivity index (χ0) is 12.4. The molecule has 0 aromatic carbocycles. The van der Waals surface area contributed by atoms with Crippen LogP contribution in [0.1, 0.15) is 16.9 Å². The second-order valence-electron chi connectivity index (χ2n) is 4.34. The molecular formula is C12H14N4OS. The Bertz CT molecular complexity index is 534. The minimum absolute atomic E-state index is 0.197. The molecule has 1 aliphatic rings. The SMILES string of the molecule is O=C(CCn1cncn1)N1CCc2sccc2C1. The van der Waals surface area contributed by atoms with Gasteiger partial charge in [0.25, 0.3) is 0 Å². The predicted molar refractivity (Wildman–Crippen MR) is 68.1 cm³/mol. The summed E-state index contributed by atoms with van der Waals surface area (Å²) in [6, 6.07) is 2.12. The fourth-order valence-corrected chi connectivity index (χ4v) is 3.07. The molecule has 2 aromatic heterocycles. The Balaban J connectivity index is 1.57. The lowest BCUT2D eigenvalue weighted by Gasteiger charge is -2.27. The highest BCUT2D eigenvalue weighted by Gasteiger charge is 2.20. The molecule has 18 heavy (non-hydrogen) atoms. The first-order chi connectivity index (χ1) is 8.83. The molecule has 0 spiro atoms. The van der Waals surface area contributed by atoms with Crippen molar-refractivity contribution in [2.24, 2.45) is 0 Å². The molecule has 0 aliphatic carbocycles. The summed E-state index contributed by atoms with van der Waals surface area (Å²) < 4.78 is 1.69. The van der Waals surface area contributed by atoms with Crippen LogP contribution in [0.15, 0.2) is 24.1 Å². The number of carbonyl (C=O) groups is 1. The first kappa shape index (κ1) is 11.4. The van der Waals surface area contributed by atoms with E-state index in [4.69, 9.17) is 0 Å². The number of nitrogens with zero attached hydrogens (tertiary/aromatic N) is 4. The monoisotopic (exact) mass is 262 g/mol. The highest BCUT2D eigenvalue weighted by atomic mass is 32.1. The van der Waals surface area contributed by atoms with Gasteiger partial charge in [-0.25, -0.2) is 4.98 Å². The Morgan fingerprint density at radius 2 is 2.44 bits per heavy atom. The number of aromatic nitrogens is 3. The van der Waals surface area contributed by atoms with E-state index in [9.17, 15) is 4.79 Å². The van der Waals surface area contributed by atoms with E-state index in [1.807, 2.05) is 4.90 Å². The second-order valence-corrected chi connectivity index (χ2v) is 5.34. The van der Waals surface area contributed by atoms with Gasteiger partial charge in [-0.15, -0.1) is 11.3 Å². The quantitative estimate of drug-likeness (QED) is 0.838. The molecule has 2 aromatic rings. The van der Waals surface area contributed by atoms with Gasteiger partial charge in [0, 0.05) is 24.4 Å². The van der Waals surface area contributed by atoms with Crippen LogP contribution in [0, 0.1) is 0 Å². The third-order valence-electron chi connectivity index (χ3n) is 3.18. The molecule has 3 heterocycles. The van der Waals surface area contributed by atoms with Crippen LogP contribution in [0.25, 0.3) is 0 Å². The summed E-state index contributed by atoms with van der Waals surface area (Å²) in [7, 11) is 0. The molecule has 0 radical (unpaired) electrons. The van der Waals surface area contributed by atoms with Crippen LogP contribution >= 0.6 is 11.3 Å². The van der Waals surface area contributed by atoms with Crippen LogP contribution in [0.5, 0.6) is 0 Å². The van der Waals surface area contributed by atoms with E-state index in [0.717, 1.165) is 19.5 Å². The Labute approximate surface area is 109 Å². The van der Waals surface area contributed by atoms with Crippen molar-refractivity contribution < 1.29 is 4.79 Å². The number of fused-ring (bicyclic) bond motifs is 1. The molecule has 6 heteroatoms. The molecular weight excluding hydrogens is 248 g/mol. The van der Waals surface area contributed by atoms with Crippen molar-refractivity contribution in [2.75, 3.05) is 6.54 Å². The number of aryl methyl sites for hydroxylation is 1. The summed E-state index contributed by atoms with van der Waals surface area (Å²) in [6.45, 7) is 2.20. The van der Waals surface area contributed by atoms with Crippen LogP contribution in [-0.4, -0.2) is 32.1 Å². The van der Waals surface area contributed by atoms with Gasteiger partial charge in [-0.2, -0.15) is 5.10 Å². The summed E-state index contributed by atoms with van der Waals surface area (Å²) >= 11 is 1.79.